The van der Waals surface area contributed by atoms with E-state index in [1.54, 1.807) is 26.6 Å². The minimum Gasteiger partial charge on any atom is -0.497 e. The Hall–Kier alpha value is -6.30. The fraction of sp³-hybridized carbons (Fsp3) is 0.0500. The van der Waals surface area contributed by atoms with Gasteiger partial charge in [0.25, 0.3) is 0 Å². The number of aromatic nitrogens is 3. The van der Waals surface area contributed by atoms with E-state index >= 15 is 0 Å². The second-order valence-corrected chi connectivity index (χ2v) is 11.5. The SMILES string of the molecule is COc1ccc(N(c2ccc(OC)cc2)c2ccc(-c3ccc(C=C(C#N)c4ccc(-c5ccncc5)cc4)c4nsnc34)cc2)cc1. The monoisotopic (exact) mass is 643 g/mol. The molecule has 0 aliphatic rings. The Kier molecular flexibility index (Phi) is 8.60. The molecule has 8 heteroatoms. The number of hydrogen-bond acceptors (Lipinski definition) is 8. The molecule has 7 aromatic rings. The minimum atomic E-state index is 0.555. The van der Waals surface area contributed by atoms with Crippen molar-refractivity contribution in [2.45, 2.75) is 0 Å². The Balaban J connectivity index is 1.20. The van der Waals surface area contributed by atoms with Crippen molar-refractivity contribution in [3.05, 3.63) is 145 Å². The van der Waals surface area contributed by atoms with Crippen LogP contribution in [0.2, 0.25) is 0 Å². The molecule has 0 amide bonds. The zero-order valence-corrected chi connectivity index (χ0v) is 27.1. The summed E-state index contributed by atoms with van der Waals surface area (Å²) in [6.45, 7) is 0. The van der Waals surface area contributed by atoms with E-state index in [2.05, 4.69) is 55.0 Å². The van der Waals surface area contributed by atoms with Crippen molar-refractivity contribution in [2.75, 3.05) is 19.1 Å². The van der Waals surface area contributed by atoms with Crippen molar-refractivity contribution in [3.8, 4) is 39.8 Å². The molecule has 0 aliphatic carbocycles. The van der Waals surface area contributed by atoms with Crippen LogP contribution in [0.15, 0.2) is 134 Å². The molecule has 48 heavy (non-hydrogen) atoms. The van der Waals surface area contributed by atoms with E-state index < -0.39 is 0 Å². The number of pyridine rings is 1. The first-order valence-electron chi connectivity index (χ1n) is 15.2. The number of allylic oxidation sites excluding steroid dienone is 1. The van der Waals surface area contributed by atoms with Crippen molar-refractivity contribution < 1.29 is 9.47 Å². The highest BCUT2D eigenvalue weighted by Gasteiger charge is 2.16. The van der Waals surface area contributed by atoms with Crippen molar-refractivity contribution in [2.24, 2.45) is 0 Å². The van der Waals surface area contributed by atoms with Gasteiger partial charge in [0.15, 0.2) is 0 Å². The van der Waals surface area contributed by atoms with Crippen molar-refractivity contribution in [1.29, 1.82) is 5.26 Å². The van der Waals surface area contributed by atoms with Crippen molar-refractivity contribution >= 4 is 51.5 Å². The van der Waals surface area contributed by atoms with Gasteiger partial charge >= 0.3 is 0 Å². The van der Waals surface area contributed by atoms with Crippen LogP contribution in [0.4, 0.5) is 17.1 Å². The average molecular weight is 644 g/mol. The number of rotatable bonds is 9. The molecule has 0 atom stereocenters. The largest absolute Gasteiger partial charge is 0.497 e. The van der Waals surface area contributed by atoms with E-state index in [4.69, 9.17) is 9.47 Å². The van der Waals surface area contributed by atoms with Crippen LogP contribution in [0.25, 0.3) is 44.9 Å². The highest BCUT2D eigenvalue weighted by atomic mass is 32.1. The molecule has 0 saturated carbocycles. The number of nitrogens with zero attached hydrogens (tertiary/aromatic N) is 5. The van der Waals surface area contributed by atoms with E-state index in [-0.39, 0.29) is 0 Å². The summed E-state index contributed by atoms with van der Waals surface area (Å²) in [5.74, 6) is 1.59. The Morgan fingerprint density at radius 1 is 0.625 bits per heavy atom. The van der Waals surface area contributed by atoms with Gasteiger partial charge in [0.2, 0.25) is 0 Å². The van der Waals surface area contributed by atoms with Gasteiger partial charge in [-0.1, -0.05) is 48.5 Å². The Labute approximate surface area is 282 Å². The zero-order chi connectivity index (χ0) is 32.9. The first-order valence-corrected chi connectivity index (χ1v) is 15.9. The second kappa shape index (κ2) is 13.6. The number of anilines is 3. The number of fused-ring (bicyclic) bond motifs is 1. The Morgan fingerprint density at radius 2 is 1.15 bits per heavy atom. The molecule has 0 N–H and O–H groups in total. The third kappa shape index (κ3) is 6.10. The summed E-state index contributed by atoms with van der Waals surface area (Å²) >= 11 is 1.17. The van der Waals surface area contributed by atoms with E-state index in [9.17, 15) is 5.26 Å². The molecule has 2 aromatic heterocycles. The van der Waals surface area contributed by atoms with E-state index in [1.165, 1.54) is 11.7 Å². The third-order valence-electron chi connectivity index (χ3n) is 8.17. The van der Waals surface area contributed by atoms with Crippen LogP contribution in [0.3, 0.4) is 0 Å². The molecule has 0 saturated heterocycles. The van der Waals surface area contributed by atoms with Gasteiger partial charge in [-0.2, -0.15) is 14.0 Å². The second-order valence-electron chi connectivity index (χ2n) is 10.9. The van der Waals surface area contributed by atoms with E-state index in [0.717, 1.165) is 73.0 Å². The lowest BCUT2D eigenvalue weighted by atomic mass is 9.97. The molecule has 7 rings (SSSR count). The molecule has 0 aliphatic heterocycles. The van der Waals surface area contributed by atoms with Crippen molar-refractivity contribution in [1.82, 2.24) is 13.7 Å². The summed E-state index contributed by atoms with van der Waals surface area (Å²) in [5.41, 5.74) is 10.9. The number of hydrogen-bond donors (Lipinski definition) is 0. The van der Waals surface area contributed by atoms with Gasteiger partial charge in [-0.25, -0.2) is 0 Å². The van der Waals surface area contributed by atoms with Crippen LogP contribution in [0.5, 0.6) is 11.5 Å². The molecule has 7 nitrogen and oxygen atoms in total. The third-order valence-corrected chi connectivity index (χ3v) is 8.70. The normalized spacial score (nSPS) is 11.2. The number of methoxy groups -OCH3 is 2. The maximum Gasteiger partial charge on any atom is 0.119 e. The lowest BCUT2D eigenvalue weighted by molar-refractivity contribution is 0.415. The van der Waals surface area contributed by atoms with Crippen LogP contribution in [-0.4, -0.2) is 28.0 Å². The molecule has 0 fully saturated rings. The lowest BCUT2D eigenvalue weighted by Gasteiger charge is -2.26. The fourth-order valence-corrected chi connectivity index (χ4v) is 6.24. The van der Waals surface area contributed by atoms with Crippen molar-refractivity contribution in [3.63, 3.8) is 0 Å². The van der Waals surface area contributed by atoms with E-state index in [0.29, 0.717) is 5.57 Å². The first-order chi connectivity index (χ1) is 23.6. The van der Waals surface area contributed by atoms with Gasteiger partial charge in [0, 0.05) is 40.6 Å². The summed E-state index contributed by atoms with van der Waals surface area (Å²) in [6.07, 6.45) is 5.43. The molecular weight excluding hydrogens is 615 g/mol. The summed E-state index contributed by atoms with van der Waals surface area (Å²) in [7, 11) is 3.33. The maximum absolute atomic E-state index is 10.1. The summed E-state index contributed by atoms with van der Waals surface area (Å²) in [4.78, 5) is 6.28. The van der Waals surface area contributed by atoms with Crippen LogP contribution < -0.4 is 14.4 Å². The zero-order valence-electron chi connectivity index (χ0n) is 26.2. The fourth-order valence-electron chi connectivity index (χ4n) is 5.66. The van der Waals surface area contributed by atoms with Crippen LogP contribution in [-0.2, 0) is 0 Å². The molecule has 0 radical (unpaired) electrons. The first kappa shape index (κ1) is 30.4. The Morgan fingerprint density at radius 3 is 1.71 bits per heavy atom. The summed E-state index contributed by atoms with van der Waals surface area (Å²) in [6, 6.07) is 42.7. The van der Waals surface area contributed by atoms with Gasteiger partial charge in [-0.05, 0) is 101 Å². The number of benzene rings is 5. The molecule has 232 valence electrons. The average Bonchev–Trinajstić information content (AvgIpc) is 3.66. The summed E-state index contributed by atoms with van der Waals surface area (Å²) in [5, 5.41) is 10.1. The van der Waals surface area contributed by atoms with Gasteiger partial charge in [-0.3, -0.25) is 4.98 Å². The minimum absolute atomic E-state index is 0.555. The number of ether oxygens (including phenoxy) is 2. The van der Waals surface area contributed by atoms with Gasteiger partial charge < -0.3 is 14.4 Å². The number of nitriles is 1. The predicted molar refractivity (Wildman–Crippen MR) is 194 cm³/mol. The smallest absolute Gasteiger partial charge is 0.119 e. The standard InChI is InChI=1S/C40H29N5O2S/c1-46-36-16-12-34(13-17-36)45(35-14-18-37(47-2)19-15-35)33-10-7-30(8-11-33)38-20-9-31(39-40(38)44-48-43-39)25-32(26-41)28-5-3-27(4-6-28)29-21-23-42-24-22-29/h3-25H,1-2H3. The Bertz CT molecular complexity index is 2190. The molecule has 0 spiro atoms. The molecule has 0 bridgehead atoms. The quantitative estimate of drug-likeness (QED) is 0.114. The highest BCUT2D eigenvalue weighted by molar-refractivity contribution is 7.00. The van der Waals surface area contributed by atoms with Crippen LogP contribution in [0.1, 0.15) is 11.1 Å². The molecular formula is C40H29N5O2S. The predicted octanol–water partition coefficient (Wildman–Crippen LogP) is 9.97. The summed E-state index contributed by atoms with van der Waals surface area (Å²) < 4.78 is 20.1. The van der Waals surface area contributed by atoms with Crippen LogP contribution >= 0.6 is 11.7 Å². The van der Waals surface area contributed by atoms with Gasteiger partial charge in [0.05, 0.1) is 37.6 Å². The van der Waals surface area contributed by atoms with Gasteiger partial charge in [0.1, 0.15) is 22.5 Å². The topological polar surface area (TPSA) is 84.2 Å². The molecule has 0 unspecified atom stereocenters. The van der Waals surface area contributed by atoms with Crippen LogP contribution in [0, 0.1) is 11.3 Å². The maximum atomic E-state index is 10.1. The lowest BCUT2D eigenvalue weighted by Crippen LogP contribution is -2.09. The molecule has 5 aromatic carbocycles. The highest BCUT2D eigenvalue weighted by Crippen LogP contribution is 2.38. The van der Waals surface area contributed by atoms with Gasteiger partial charge in [-0.15, -0.1) is 0 Å². The molecule has 2 heterocycles. The van der Waals surface area contributed by atoms with E-state index in [1.807, 2.05) is 97.1 Å².